The fourth-order valence-electron chi connectivity index (χ4n) is 6.84. The zero-order chi connectivity index (χ0) is 29.6. The van der Waals surface area contributed by atoms with Crippen LogP contribution in [0.1, 0.15) is 37.0 Å². The van der Waals surface area contributed by atoms with E-state index in [1.807, 2.05) is 140 Å². The molecule has 6 heteroatoms. The number of nitrogens with zero attached hydrogens (tertiary/aromatic N) is 2. The van der Waals surface area contributed by atoms with E-state index in [0.29, 0.717) is 25.1 Å². The van der Waals surface area contributed by atoms with Crippen molar-refractivity contribution in [3.05, 3.63) is 144 Å². The second-order valence-electron chi connectivity index (χ2n) is 11.9. The minimum Gasteiger partial charge on any atom is -0.344 e. The third-order valence-electron chi connectivity index (χ3n) is 8.69. The van der Waals surface area contributed by atoms with Crippen molar-refractivity contribution in [2.24, 2.45) is 0 Å². The fraction of sp³-hybridized carbons (Fsp3) is 0.243. The maximum absolute atomic E-state index is 15.0. The molecule has 0 saturated carbocycles. The fourth-order valence-corrected chi connectivity index (χ4v) is 6.84. The van der Waals surface area contributed by atoms with Crippen molar-refractivity contribution >= 4 is 23.2 Å². The van der Waals surface area contributed by atoms with E-state index in [1.54, 1.807) is 4.90 Å². The Balaban J connectivity index is 1.38. The highest BCUT2D eigenvalue weighted by Crippen LogP contribution is 2.54. The molecule has 4 aromatic rings. The normalized spacial score (nSPS) is 23.5. The Morgan fingerprint density at radius 1 is 0.814 bits per heavy atom. The van der Waals surface area contributed by atoms with Gasteiger partial charge in [-0.25, -0.2) is 0 Å². The first-order valence-electron chi connectivity index (χ1n) is 14.8. The molecule has 0 radical (unpaired) electrons. The highest BCUT2D eigenvalue weighted by molar-refractivity contribution is 6.19. The predicted octanol–water partition coefficient (Wildman–Crippen LogP) is 6.55. The molecule has 43 heavy (non-hydrogen) atoms. The van der Waals surface area contributed by atoms with Gasteiger partial charge in [-0.15, -0.1) is 0 Å². The third-order valence-corrected chi connectivity index (χ3v) is 8.69. The van der Waals surface area contributed by atoms with E-state index < -0.39 is 17.3 Å². The van der Waals surface area contributed by atoms with Crippen LogP contribution in [0, 0.1) is 0 Å². The van der Waals surface area contributed by atoms with E-state index in [-0.39, 0.29) is 17.9 Å². The molecule has 0 N–H and O–H groups in total. The van der Waals surface area contributed by atoms with E-state index in [1.165, 1.54) is 0 Å². The molecule has 1 spiro atoms. The van der Waals surface area contributed by atoms with Gasteiger partial charge in [0.15, 0.2) is 5.79 Å². The van der Waals surface area contributed by atoms with Crippen LogP contribution in [-0.2, 0) is 37.6 Å². The van der Waals surface area contributed by atoms with Crippen molar-refractivity contribution < 1.29 is 19.1 Å². The number of anilines is 2. The molecular weight excluding hydrogens is 536 g/mol. The van der Waals surface area contributed by atoms with Gasteiger partial charge < -0.3 is 19.3 Å². The first-order chi connectivity index (χ1) is 20.9. The van der Waals surface area contributed by atoms with E-state index in [9.17, 15) is 4.79 Å². The summed E-state index contributed by atoms with van der Waals surface area (Å²) >= 11 is 0. The summed E-state index contributed by atoms with van der Waals surface area (Å²) in [5, 5.41) is 0. The Morgan fingerprint density at radius 2 is 1.42 bits per heavy atom. The Bertz CT molecular complexity index is 1690. The lowest BCUT2D eigenvalue weighted by Crippen LogP contribution is -2.52. The first-order valence-corrected chi connectivity index (χ1v) is 14.8. The number of carbonyl (C=O) groups is 2. The van der Waals surface area contributed by atoms with Gasteiger partial charge in [0.2, 0.25) is 5.91 Å². The van der Waals surface area contributed by atoms with Crippen molar-refractivity contribution in [2.75, 3.05) is 9.80 Å². The summed E-state index contributed by atoms with van der Waals surface area (Å²) in [4.78, 5) is 33.6. The molecule has 2 heterocycles. The first kappa shape index (κ1) is 27.3. The maximum Gasteiger partial charge on any atom is 0.255 e. The molecule has 1 fully saturated rings. The van der Waals surface area contributed by atoms with E-state index in [4.69, 9.17) is 9.47 Å². The number of ether oxygens (including phenoxy) is 2. The SMILES string of the molecule is CC1(C)O[C@@H]2C=C(C(=O)N(Cc3ccccc3)c3ccccc3)[C@]3(C[C@H]2O1)C(=O)N(Cc1ccccc1)c1ccccc13. The number of para-hydroxylation sites is 2. The molecule has 2 amide bonds. The van der Waals surface area contributed by atoms with Gasteiger partial charge in [-0.1, -0.05) is 97.1 Å². The van der Waals surface area contributed by atoms with E-state index >= 15 is 4.79 Å². The molecular formula is C37H34N2O4. The summed E-state index contributed by atoms with van der Waals surface area (Å²) < 4.78 is 12.7. The maximum atomic E-state index is 15.0. The van der Waals surface area contributed by atoms with Crippen molar-refractivity contribution in [3.63, 3.8) is 0 Å². The van der Waals surface area contributed by atoms with Gasteiger partial charge in [-0.3, -0.25) is 9.59 Å². The highest BCUT2D eigenvalue weighted by Gasteiger charge is 2.61. The summed E-state index contributed by atoms with van der Waals surface area (Å²) in [6.45, 7) is 4.52. The van der Waals surface area contributed by atoms with Crippen LogP contribution in [0.15, 0.2) is 127 Å². The van der Waals surface area contributed by atoms with Crippen LogP contribution in [0.5, 0.6) is 0 Å². The Morgan fingerprint density at radius 3 is 2.12 bits per heavy atom. The van der Waals surface area contributed by atoms with E-state index in [2.05, 4.69) is 0 Å². The van der Waals surface area contributed by atoms with E-state index in [0.717, 1.165) is 28.1 Å². The number of amides is 2. The number of fused-ring (bicyclic) bond motifs is 3. The summed E-state index contributed by atoms with van der Waals surface area (Å²) in [6.07, 6.45) is 1.36. The summed E-state index contributed by atoms with van der Waals surface area (Å²) in [5.41, 5.74) is 3.63. The standard InChI is InChI=1S/C37H34N2O4/c1-36(2)42-32-22-30(34(40)38(28-18-10-5-11-19-28)24-26-14-6-3-7-15-26)37(23-33(32)43-36)29-20-12-13-21-31(29)39(35(37)41)25-27-16-8-4-9-17-27/h3-22,32-33H,23-25H2,1-2H3/t32-,33-,37-/m1/s1. The van der Waals surface area contributed by atoms with Crippen LogP contribution in [0.25, 0.3) is 0 Å². The molecule has 0 bridgehead atoms. The van der Waals surface area contributed by atoms with Gasteiger partial charge >= 0.3 is 0 Å². The molecule has 6 nitrogen and oxygen atoms in total. The topological polar surface area (TPSA) is 59.1 Å². The number of rotatable bonds is 6. The zero-order valence-electron chi connectivity index (χ0n) is 24.4. The molecule has 4 aromatic carbocycles. The van der Waals surface area contributed by atoms with Crippen molar-refractivity contribution in [2.45, 2.75) is 56.8 Å². The van der Waals surface area contributed by atoms with Crippen molar-refractivity contribution in [3.8, 4) is 0 Å². The van der Waals surface area contributed by atoms with Crippen LogP contribution in [0.2, 0.25) is 0 Å². The summed E-state index contributed by atoms with van der Waals surface area (Å²) in [6, 6.07) is 37.4. The highest BCUT2D eigenvalue weighted by atomic mass is 16.7. The molecule has 7 rings (SSSR count). The average molecular weight is 571 g/mol. The lowest BCUT2D eigenvalue weighted by molar-refractivity contribution is -0.145. The molecule has 216 valence electrons. The van der Waals surface area contributed by atoms with Gasteiger partial charge in [0, 0.05) is 16.9 Å². The predicted molar refractivity (Wildman–Crippen MR) is 166 cm³/mol. The summed E-state index contributed by atoms with van der Waals surface area (Å²) in [7, 11) is 0. The number of carbonyl (C=O) groups excluding carboxylic acids is 2. The van der Waals surface area contributed by atoms with Crippen molar-refractivity contribution in [1.82, 2.24) is 0 Å². The van der Waals surface area contributed by atoms with Gasteiger partial charge in [0.05, 0.1) is 19.2 Å². The quantitative estimate of drug-likeness (QED) is 0.264. The minimum absolute atomic E-state index is 0.114. The Kier molecular flexibility index (Phi) is 6.76. The minimum atomic E-state index is -1.23. The zero-order valence-corrected chi connectivity index (χ0v) is 24.4. The molecule has 3 atom stereocenters. The largest absolute Gasteiger partial charge is 0.344 e. The molecule has 1 saturated heterocycles. The van der Waals surface area contributed by atoms with Crippen LogP contribution in [-0.4, -0.2) is 29.8 Å². The van der Waals surface area contributed by atoms with Crippen molar-refractivity contribution in [1.29, 1.82) is 0 Å². The van der Waals surface area contributed by atoms with Gasteiger partial charge in [0.25, 0.3) is 5.91 Å². The molecule has 3 aliphatic rings. The average Bonchev–Trinajstić information content (AvgIpc) is 3.46. The van der Waals surface area contributed by atoms with Crippen LogP contribution in [0.4, 0.5) is 11.4 Å². The number of hydrogen-bond donors (Lipinski definition) is 0. The Labute approximate surface area is 252 Å². The molecule has 2 aliphatic heterocycles. The van der Waals surface area contributed by atoms with Crippen LogP contribution in [0.3, 0.4) is 0 Å². The molecule has 0 aromatic heterocycles. The second-order valence-corrected chi connectivity index (χ2v) is 11.9. The number of hydrogen-bond acceptors (Lipinski definition) is 4. The smallest absolute Gasteiger partial charge is 0.255 e. The lowest BCUT2D eigenvalue weighted by Gasteiger charge is -2.39. The summed E-state index contributed by atoms with van der Waals surface area (Å²) in [5.74, 6) is -1.16. The lowest BCUT2D eigenvalue weighted by atomic mass is 9.66. The van der Waals surface area contributed by atoms with Gasteiger partial charge in [0.1, 0.15) is 11.5 Å². The van der Waals surface area contributed by atoms with Gasteiger partial charge in [-0.2, -0.15) is 0 Å². The van der Waals surface area contributed by atoms with Crippen LogP contribution < -0.4 is 9.80 Å². The molecule has 0 unspecified atom stereocenters. The number of benzene rings is 4. The third kappa shape index (κ3) is 4.77. The second kappa shape index (κ2) is 10.6. The van der Waals surface area contributed by atoms with Gasteiger partial charge in [-0.05, 0) is 61.2 Å². The molecule has 1 aliphatic carbocycles. The Hall–Kier alpha value is -4.52. The monoisotopic (exact) mass is 570 g/mol. The van der Waals surface area contributed by atoms with Crippen LogP contribution >= 0.6 is 0 Å².